The first kappa shape index (κ1) is 19.0. The van der Waals surface area contributed by atoms with Crippen molar-refractivity contribution in [2.45, 2.75) is 64.5 Å². The van der Waals surface area contributed by atoms with Crippen molar-refractivity contribution in [1.29, 1.82) is 0 Å². The van der Waals surface area contributed by atoms with Crippen molar-refractivity contribution >= 4 is 12.1 Å². The van der Waals surface area contributed by atoms with Crippen LogP contribution >= 0.6 is 0 Å². The number of carbonyl (C=O) groups is 1. The van der Waals surface area contributed by atoms with Gasteiger partial charge in [0.2, 0.25) is 5.91 Å². The highest BCUT2D eigenvalue weighted by molar-refractivity contribution is 5.90. The number of likely N-dealkylation sites (N-methyl/N-ethyl adjacent to an activating group) is 1. The molecule has 0 spiro atoms. The molecule has 0 saturated heterocycles. The van der Waals surface area contributed by atoms with E-state index >= 15 is 0 Å². The maximum Gasteiger partial charge on any atom is 0.228 e. The molecule has 1 fully saturated rings. The molecule has 1 unspecified atom stereocenters. The molecule has 4 heteroatoms. The molecule has 4 nitrogen and oxygen atoms in total. The summed E-state index contributed by atoms with van der Waals surface area (Å²) in [5.74, 6) is 0.555. The molecular weight excluding hydrogens is 358 g/mol. The third-order valence-corrected chi connectivity index (χ3v) is 7.81. The van der Waals surface area contributed by atoms with E-state index in [2.05, 4.69) is 61.6 Å². The van der Waals surface area contributed by atoms with Crippen LogP contribution in [-0.4, -0.2) is 42.7 Å². The molecule has 0 radical (unpaired) electrons. The van der Waals surface area contributed by atoms with Gasteiger partial charge in [0.05, 0.1) is 11.6 Å². The van der Waals surface area contributed by atoms with E-state index in [1.165, 1.54) is 36.0 Å². The van der Waals surface area contributed by atoms with E-state index in [4.69, 9.17) is 4.99 Å². The van der Waals surface area contributed by atoms with Gasteiger partial charge in [-0.15, -0.1) is 0 Å². The summed E-state index contributed by atoms with van der Waals surface area (Å²) in [5.41, 5.74) is 5.16. The predicted molar refractivity (Wildman–Crippen MR) is 118 cm³/mol. The van der Waals surface area contributed by atoms with Gasteiger partial charge in [-0.05, 0) is 55.0 Å². The number of allylic oxidation sites excluding steroid dienone is 4. The third-order valence-electron chi connectivity index (χ3n) is 7.81. The molecule has 1 saturated carbocycles. The van der Waals surface area contributed by atoms with Crippen molar-refractivity contribution in [2.75, 3.05) is 13.6 Å². The monoisotopic (exact) mass is 391 g/mol. The second kappa shape index (κ2) is 7.09. The minimum atomic E-state index is -0.142. The van der Waals surface area contributed by atoms with Gasteiger partial charge in [-0.1, -0.05) is 51.3 Å². The average Bonchev–Trinajstić information content (AvgIpc) is 3.14. The fourth-order valence-electron chi connectivity index (χ4n) is 6.29. The SMILES string of the molecule is CC(C)C12C=CC=C3N=CC(=C31)C[C@@H]1C2=C[C@@H](C(=O)NC2CCCCC2)CN1C. The topological polar surface area (TPSA) is 44.7 Å². The minimum Gasteiger partial charge on any atom is -0.353 e. The van der Waals surface area contributed by atoms with Crippen LogP contribution in [0.5, 0.6) is 0 Å². The van der Waals surface area contributed by atoms with Gasteiger partial charge in [0.25, 0.3) is 0 Å². The number of nitrogens with zero attached hydrogens (tertiary/aromatic N) is 2. The summed E-state index contributed by atoms with van der Waals surface area (Å²) in [5, 5.41) is 3.37. The van der Waals surface area contributed by atoms with Crippen molar-refractivity contribution in [3.63, 3.8) is 0 Å². The van der Waals surface area contributed by atoms with Crippen LogP contribution in [0.1, 0.15) is 52.4 Å². The Kier molecular flexibility index (Phi) is 4.65. The first-order valence-electron chi connectivity index (χ1n) is 11.4. The molecule has 3 aliphatic carbocycles. The summed E-state index contributed by atoms with van der Waals surface area (Å²) in [4.78, 5) is 20.4. The number of nitrogens with one attached hydrogen (secondary N) is 1. The highest BCUT2D eigenvalue weighted by Gasteiger charge is 2.52. The number of fused-ring (bicyclic) bond motifs is 2. The molecule has 1 N–H and O–H groups in total. The van der Waals surface area contributed by atoms with Crippen LogP contribution in [0.15, 0.2) is 51.7 Å². The van der Waals surface area contributed by atoms with Crippen LogP contribution in [0.4, 0.5) is 0 Å². The first-order chi connectivity index (χ1) is 14.0. The molecule has 29 heavy (non-hydrogen) atoms. The number of carbonyl (C=O) groups excluding carboxylic acids is 1. The lowest BCUT2D eigenvalue weighted by molar-refractivity contribution is -0.125. The van der Waals surface area contributed by atoms with Crippen molar-refractivity contribution in [1.82, 2.24) is 10.2 Å². The van der Waals surface area contributed by atoms with Crippen LogP contribution in [0.2, 0.25) is 0 Å². The Labute approximate surface area is 174 Å². The van der Waals surface area contributed by atoms with Gasteiger partial charge in [-0.25, -0.2) is 0 Å². The molecule has 1 amide bonds. The fraction of sp³-hybridized carbons (Fsp3) is 0.600. The van der Waals surface area contributed by atoms with E-state index in [-0.39, 0.29) is 17.2 Å². The van der Waals surface area contributed by atoms with Crippen molar-refractivity contribution < 1.29 is 4.79 Å². The second-order valence-corrected chi connectivity index (χ2v) is 9.82. The second-order valence-electron chi connectivity index (χ2n) is 9.82. The van der Waals surface area contributed by atoms with Gasteiger partial charge in [0, 0.05) is 30.3 Å². The Morgan fingerprint density at radius 2 is 2.07 bits per heavy atom. The Balaban J connectivity index is 1.51. The molecule has 0 bridgehead atoms. The third kappa shape index (κ3) is 2.91. The molecule has 154 valence electrons. The number of hydrogen-bond acceptors (Lipinski definition) is 3. The highest BCUT2D eigenvalue weighted by atomic mass is 16.2. The van der Waals surface area contributed by atoms with Crippen LogP contribution in [0.25, 0.3) is 0 Å². The van der Waals surface area contributed by atoms with Gasteiger partial charge in [-0.2, -0.15) is 0 Å². The summed E-state index contributed by atoms with van der Waals surface area (Å²) in [6.07, 6.45) is 18.2. The number of hydrogen-bond donors (Lipinski definition) is 1. The van der Waals surface area contributed by atoms with E-state index in [0.29, 0.717) is 18.0 Å². The normalized spacial score (nSPS) is 34.1. The summed E-state index contributed by atoms with van der Waals surface area (Å²) in [7, 11) is 2.19. The first-order valence-corrected chi connectivity index (χ1v) is 11.4. The average molecular weight is 392 g/mol. The lowest BCUT2D eigenvalue weighted by atomic mass is 9.56. The molecule has 0 aromatic heterocycles. The summed E-state index contributed by atoms with van der Waals surface area (Å²) < 4.78 is 0. The molecule has 5 aliphatic rings. The van der Waals surface area contributed by atoms with Crippen LogP contribution in [0.3, 0.4) is 0 Å². The van der Waals surface area contributed by atoms with Gasteiger partial charge in [0.15, 0.2) is 0 Å². The summed E-state index contributed by atoms with van der Waals surface area (Å²) in [6.45, 7) is 5.42. The zero-order chi connectivity index (χ0) is 20.2. The van der Waals surface area contributed by atoms with E-state index in [1.807, 2.05) is 0 Å². The molecule has 5 rings (SSSR count). The standard InChI is InChI=1S/C25H33N3O/c1-16(2)25-11-7-10-21-23(25)17(14-26-21)13-22-20(25)12-18(15-28(22)3)24(29)27-19-8-5-4-6-9-19/h7,10-12,14,16,18-19,22H,4-6,8-9,13,15H2,1-3H3,(H,27,29)/t18-,22-,25?/m1/s1. The van der Waals surface area contributed by atoms with Crippen molar-refractivity contribution in [3.05, 3.63) is 46.7 Å². The Hall–Kier alpha value is -1.94. The zero-order valence-electron chi connectivity index (χ0n) is 17.9. The number of aliphatic imine (C=N–C) groups is 1. The maximum absolute atomic E-state index is 13.2. The molecule has 0 aromatic carbocycles. The van der Waals surface area contributed by atoms with Gasteiger partial charge >= 0.3 is 0 Å². The van der Waals surface area contributed by atoms with Gasteiger partial charge in [0.1, 0.15) is 0 Å². The van der Waals surface area contributed by atoms with Gasteiger partial charge in [-0.3, -0.25) is 14.7 Å². The quantitative estimate of drug-likeness (QED) is 0.734. The van der Waals surface area contributed by atoms with Crippen LogP contribution in [-0.2, 0) is 4.79 Å². The summed E-state index contributed by atoms with van der Waals surface area (Å²) in [6, 6.07) is 0.716. The number of amides is 1. The van der Waals surface area contributed by atoms with E-state index < -0.39 is 0 Å². The fourth-order valence-corrected chi connectivity index (χ4v) is 6.29. The summed E-state index contributed by atoms with van der Waals surface area (Å²) >= 11 is 0. The molecule has 0 aromatic rings. The lowest BCUT2D eigenvalue weighted by Gasteiger charge is -2.51. The Morgan fingerprint density at radius 1 is 1.28 bits per heavy atom. The highest BCUT2D eigenvalue weighted by Crippen LogP contribution is 2.58. The predicted octanol–water partition coefficient (Wildman–Crippen LogP) is 4.17. The molecule has 2 aliphatic heterocycles. The molecule has 3 atom stereocenters. The van der Waals surface area contributed by atoms with Crippen molar-refractivity contribution in [3.8, 4) is 0 Å². The Bertz CT molecular complexity index is 868. The van der Waals surface area contributed by atoms with Crippen LogP contribution < -0.4 is 5.32 Å². The maximum atomic E-state index is 13.2. The van der Waals surface area contributed by atoms with Crippen molar-refractivity contribution in [2.24, 2.45) is 22.2 Å². The minimum absolute atomic E-state index is 0.0731. The van der Waals surface area contributed by atoms with Gasteiger partial charge < -0.3 is 5.32 Å². The van der Waals surface area contributed by atoms with Crippen LogP contribution in [0, 0.1) is 17.3 Å². The number of rotatable bonds is 3. The van der Waals surface area contributed by atoms with E-state index in [1.54, 1.807) is 0 Å². The molecule has 2 heterocycles. The largest absolute Gasteiger partial charge is 0.353 e. The van der Waals surface area contributed by atoms with E-state index in [0.717, 1.165) is 31.5 Å². The zero-order valence-corrected chi connectivity index (χ0v) is 17.9. The van der Waals surface area contributed by atoms with E-state index in [9.17, 15) is 4.79 Å². The smallest absolute Gasteiger partial charge is 0.228 e. The Morgan fingerprint density at radius 3 is 2.83 bits per heavy atom. The molecular formula is C25H33N3O. The lowest BCUT2D eigenvalue weighted by Crippen LogP contribution is -2.53.